The second kappa shape index (κ2) is 14.7. The van der Waals surface area contributed by atoms with Crippen molar-refractivity contribution in [3.05, 3.63) is 51.7 Å². The summed E-state index contributed by atoms with van der Waals surface area (Å²) >= 11 is 0.940. The molecule has 17 heteroatoms. The topological polar surface area (TPSA) is 109 Å². The van der Waals surface area contributed by atoms with Crippen molar-refractivity contribution in [2.45, 2.75) is 63.5 Å². The lowest BCUT2D eigenvalue weighted by Gasteiger charge is -2.30. The summed E-state index contributed by atoms with van der Waals surface area (Å²) < 4.78 is 101. The van der Waals surface area contributed by atoms with Crippen LogP contribution in [0.1, 0.15) is 58.0 Å². The fourth-order valence-electron chi connectivity index (χ4n) is 5.85. The van der Waals surface area contributed by atoms with E-state index < -0.39 is 54.1 Å². The van der Waals surface area contributed by atoms with Crippen LogP contribution in [0.25, 0.3) is 11.3 Å². The monoisotopic (exact) mass is 703 g/mol. The van der Waals surface area contributed by atoms with Gasteiger partial charge in [-0.1, -0.05) is 0 Å². The maximum atomic E-state index is 14.0. The van der Waals surface area contributed by atoms with Crippen LogP contribution in [0.15, 0.2) is 30.6 Å². The van der Waals surface area contributed by atoms with Gasteiger partial charge in [-0.3, -0.25) is 18.9 Å². The normalized spacial score (nSPS) is 18.0. The average molecular weight is 704 g/mol. The largest absolute Gasteiger partial charge is 0.493 e. The minimum atomic E-state index is -4.86. The van der Waals surface area contributed by atoms with Crippen LogP contribution >= 0.6 is 11.3 Å². The van der Waals surface area contributed by atoms with E-state index in [1.165, 1.54) is 23.4 Å². The number of carbonyl (C=O) groups is 2. The molecule has 1 atom stereocenters. The quantitative estimate of drug-likeness (QED) is 0.127. The molecule has 48 heavy (non-hydrogen) atoms. The maximum Gasteiger partial charge on any atom is 0.419 e. The Kier molecular flexibility index (Phi) is 10.9. The molecule has 9 nitrogen and oxygen atoms in total. The average Bonchev–Trinajstić information content (AvgIpc) is 3.68. The number of thiazole rings is 1. The number of carboxylic acid groups (broad SMARTS) is 1. The molecule has 1 aromatic carbocycles. The first-order valence-electron chi connectivity index (χ1n) is 15.3. The summed E-state index contributed by atoms with van der Waals surface area (Å²) in [7, 11) is 0. The fraction of sp³-hybridized carbons (Fsp3) is 0.516. The van der Waals surface area contributed by atoms with Crippen LogP contribution in [0.3, 0.4) is 0 Å². The molecule has 0 unspecified atom stereocenters. The summed E-state index contributed by atoms with van der Waals surface area (Å²) in [6, 6.07) is 1.45. The van der Waals surface area contributed by atoms with Crippen molar-refractivity contribution in [3.63, 3.8) is 0 Å². The molecule has 0 spiro atoms. The molecule has 0 bridgehead atoms. The third-order valence-electron chi connectivity index (χ3n) is 8.33. The van der Waals surface area contributed by atoms with E-state index >= 15 is 0 Å². The number of benzene rings is 1. The molecule has 0 saturated carbocycles. The van der Waals surface area contributed by atoms with Gasteiger partial charge in [-0.15, -0.1) is 11.3 Å². The van der Waals surface area contributed by atoms with Crippen molar-refractivity contribution in [1.29, 1.82) is 0 Å². The molecule has 0 radical (unpaired) electrons. The van der Waals surface area contributed by atoms with Crippen LogP contribution < -0.4 is 9.64 Å². The first-order chi connectivity index (χ1) is 22.7. The van der Waals surface area contributed by atoms with Gasteiger partial charge in [-0.05, 0) is 50.4 Å². The molecule has 2 aliphatic heterocycles. The zero-order chi connectivity index (χ0) is 34.6. The third-order valence-corrected chi connectivity index (χ3v) is 9.37. The number of anilines is 1. The summed E-state index contributed by atoms with van der Waals surface area (Å²) in [4.78, 5) is 40.7. The number of aliphatic carboxylic acids is 1. The van der Waals surface area contributed by atoms with E-state index in [1.807, 2.05) is 4.90 Å². The Hall–Kier alpha value is -3.86. The number of nitrogens with zero attached hydrogens (tertiary/aromatic N) is 5. The molecular weight excluding hydrogens is 671 g/mol. The Labute approximate surface area is 274 Å². The molecule has 5 rings (SSSR count). The van der Waals surface area contributed by atoms with Crippen LogP contribution in [-0.2, 0) is 23.9 Å². The predicted octanol–water partition coefficient (Wildman–Crippen LogP) is 6.61. The van der Waals surface area contributed by atoms with Crippen molar-refractivity contribution in [1.82, 2.24) is 19.9 Å². The highest BCUT2D eigenvalue weighted by molar-refractivity contribution is 7.12. The molecular formula is C31H32F7N5O4S. The Balaban J connectivity index is 1.40. The molecule has 2 aromatic heterocycles. The van der Waals surface area contributed by atoms with Gasteiger partial charge in [0, 0.05) is 36.5 Å². The number of halogens is 7. The molecule has 260 valence electrons. The van der Waals surface area contributed by atoms with Gasteiger partial charge in [0.15, 0.2) is 5.78 Å². The van der Waals surface area contributed by atoms with E-state index in [0.29, 0.717) is 38.2 Å². The van der Waals surface area contributed by atoms with Gasteiger partial charge in [-0.25, -0.2) is 15.0 Å². The van der Waals surface area contributed by atoms with Crippen LogP contribution in [0.4, 0.5) is 36.6 Å². The van der Waals surface area contributed by atoms with E-state index in [4.69, 9.17) is 4.74 Å². The number of carbonyl (C=O) groups excluding carboxylic acids is 1. The van der Waals surface area contributed by atoms with Crippen molar-refractivity contribution in [2.24, 2.45) is 5.92 Å². The van der Waals surface area contributed by atoms with Gasteiger partial charge >= 0.3 is 18.3 Å². The Morgan fingerprint density at radius 3 is 2.40 bits per heavy atom. The number of alkyl halides is 7. The van der Waals surface area contributed by atoms with Crippen LogP contribution in [0, 0.1) is 5.92 Å². The van der Waals surface area contributed by atoms with Crippen molar-refractivity contribution in [2.75, 3.05) is 37.8 Å². The lowest BCUT2D eigenvalue weighted by atomic mass is 9.97. The minimum absolute atomic E-state index is 0.0108. The van der Waals surface area contributed by atoms with Gasteiger partial charge in [0.25, 0.3) is 0 Å². The third kappa shape index (κ3) is 8.40. The molecule has 0 amide bonds. The number of ether oxygens (including phenoxy) is 1. The summed E-state index contributed by atoms with van der Waals surface area (Å²) in [5.74, 6) is -1.85. The molecule has 4 heterocycles. The van der Waals surface area contributed by atoms with Crippen molar-refractivity contribution in [3.8, 4) is 17.0 Å². The smallest absolute Gasteiger partial charge is 0.419 e. The zero-order valence-electron chi connectivity index (χ0n) is 25.5. The molecule has 2 saturated heterocycles. The van der Waals surface area contributed by atoms with Crippen molar-refractivity contribution < 1.29 is 50.2 Å². The van der Waals surface area contributed by atoms with Crippen molar-refractivity contribution >= 4 is 28.9 Å². The van der Waals surface area contributed by atoms with E-state index in [1.54, 1.807) is 0 Å². The number of Topliss-reactive ketones (excluding diaryl/α,β-unsaturated/α-hetero) is 1. The minimum Gasteiger partial charge on any atom is -0.493 e. The fourth-order valence-corrected chi connectivity index (χ4v) is 6.97. The van der Waals surface area contributed by atoms with E-state index in [0.717, 1.165) is 23.5 Å². The standard InChI is InChI=1S/C31H32F7N5O4S/c32-8-2-12-47-23-5-4-19(13-20(23)30(33,34)35)28-24(17-43-9-1-3-25(43)31(36,37)38)48-27(41-28)14-22(44)21-15-40-26(16-39-21)42-10-6-18(7-11-42)29(45)46/h4-5,13,15-16,18,25H,1-3,6-12,14,17H2,(H,45,46)/t25-/m0/s1. The molecule has 2 aliphatic rings. The second-order valence-corrected chi connectivity index (χ2v) is 12.8. The highest BCUT2D eigenvalue weighted by Gasteiger charge is 2.46. The lowest BCUT2D eigenvalue weighted by molar-refractivity contribution is -0.177. The second-order valence-electron chi connectivity index (χ2n) is 11.6. The van der Waals surface area contributed by atoms with Gasteiger partial charge in [0.2, 0.25) is 0 Å². The Morgan fingerprint density at radius 2 is 1.77 bits per heavy atom. The highest BCUT2D eigenvalue weighted by atomic mass is 32.1. The summed E-state index contributed by atoms with van der Waals surface area (Å²) in [6.07, 6.45) is -6.07. The maximum absolute atomic E-state index is 14.0. The molecule has 0 aliphatic carbocycles. The molecule has 3 aromatic rings. The number of carboxylic acids is 1. The lowest BCUT2D eigenvalue weighted by Crippen LogP contribution is -2.40. The van der Waals surface area contributed by atoms with Crippen LogP contribution in [-0.4, -0.2) is 81.8 Å². The Bertz CT molecular complexity index is 1590. The number of hydrogen-bond donors (Lipinski definition) is 1. The van der Waals surface area contributed by atoms with Gasteiger partial charge in [0.1, 0.15) is 28.3 Å². The molecule has 2 fully saturated rings. The van der Waals surface area contributed by atoms with Gasteiger partial charge in [0.05, 0.1) is 49.3 Å². The number of ketones is 1. The summed E-state index contributed by atoms with van der Waals surface area (Å²) in [5.41, 5.74) is -1.16. The summed E-state index contributed by atoms with van der Waals surface area (Å²) in [6.45, 7) is -0.266. The number of rotatable bonds is 12. The number of hydrogen-bond acceptors (Lipinski definition) is 9. The first-order valence-corrected chi connectivity index (χ1v) is 16.1. The summed E-state index contributed by atoms with van der Waals surface area (Å²) in [5, 5.41) is 9.38. The van der Waals surface area contributed by atoms with Crippen LogP contribution in [0.5, 0.6) is 5.75 Å². The van der Waals surface area contributed by atoms with Crippen LogP contribution in [0.2, 0.25) is 0 Å². The number of aromatic nitrogens is 3. The highest BCUT2D eigenvalue weighted by Crippen LogP contribution is 2.41. The van der Waals surface area contributed by atoms with Gasteiger partial charge in [-0.2, -0.15) is 26.3 Å². The molecule has 1 N–H and O–H groups in total. The predicted molar refractivity (Wildman–Crippen MR) is 161 cm³/mol. The van der Waals surface area contributed by atoms with E-state index in [2.05, 4.69) is 15.0 Å². The zero-order valence-corrected chi connectivity index (χ0v) is 26.3. The Morgan fingerprint density at radius 1 is 1.02 bits per heavy atom. The number of likely N-dealkylation sites (tertiary alicyclic amines) is 1. The van der Waals surface area contributed by atoms with E-state index in [9.17, 15) is 45.4 Å². The van der Waals surface area contributed by atoms with E-state index in [-0.39, 0.29) is 65.8 Å². The first kappa shape index (κ1) is 35.4. The SMILES string of the molecule is O=C(Cc1nc(-c2ccc(OCCCF)c(C(F)(F)F)c2)c(CN2CCC[C@H]2C(F)(F)F)s1)c1cnc(N2CCC(C(=O)O)CC2)cn1. The van der Waals surface area contributed by atoms with Gasteiger partial charge < -0.3 is 14.7 Å². The number of piperidine rings is 1.